The summed E-state index contributed by atoms with van der Waals surface area (Å²) >= 11 is 0. The van der Waals surface area contributed by atoms with E-state index in [-0.39, 0.29) is 36.1 Å². The molecule has 11 nitrogen and oxygen atoms in total. The third-order valence-electron chi connectivity index (χ3n) is 10.6. The SMILES string of the molecule is Cn1c(=O)n(C2CCC(=O)NC2=O)c2ccc(CC3CCN(C[C@@H]4CCN[C@@H]4C(=O)N4CCO[C@H](c5ccccc5)C4)CC3)cc21. The van der Waals surface area contributed by atoms with E-state index < -0.39 is 11.9 Å². The fraction of sp³-hybridized carbons (Fsp3) is 0.543. The van der Waals surface area contributed by atoms with E-state index in [4.69, 9.17) is 4.74 Å². The number of ether oxygens (including phenoxy) is 1. The average Bonchev–Trinajstić information content (AvgIpc) is 3.64. The van der Waals surface area contributed by atoms with Gasteiger partial charge in [-0.1, -0.05) is 36.4 Å². The molecule has 11 heteroatoms. The van der Waals surface area contributed by atoms with E-state index in [2.05, 4.69) is 39.8 Å². The number of rotatable bonds is 7. The van der Waals surface area contributed by atoms with Crippen LogP contribution in [0.5, 0.6) is 0 Å². The number of morpholine rings is 1. The van der Waals surface area contributed by atoms with Crippen molar-refractivity contribution in [1.82, 2.24) is 29.6 Å². The van der Waals surface area contributed by atoms with Gasteiger partial charge < -0.3 is 19.9 Å². The zero-order chi connectivity index (χ0) is 31.8. The minimum atomic E-state index is -0.672. The molecule has 4 atom stereocenters. The summed E-state index contributed by atoms with van der Waals surface area (Å²) in [7, 11) is 1.74. The van der Waals surface area contributed by atoms with Crippen molar-refractivity contribution in [3.05, 3.63) is 70.1 Å². The van der Waals surface area contributed by atoms with Gasteiger partial charge in [-0.05, 0) is 86.8 Å². The van der Waals surface area contributed by atoms with Crippen molar-refractivity contribution in [2.45, 2.75) is 56.7 Å². The van der Waals surface area contributed by atoms with Crippen LogP contribution in [0, 0.1) is 11.8 Å². The summed E-state index contributed by atoms with van der Waals surface area (Å²) in [6.07, 6.45) is 4.62. The number of nitrogens with zero attached hydrogens (tertiary/aromatic N) is 4. The molecule has 7 rings (SSSR count). The lowest BCUT2D eigenvalue weighted by Crippen LogP contribution is -2.52. The van der Waals surface area contributed by atoms with Crippen LogP contribution in [0.4, 0.5) is 0 Å². The fourth-order valence-electron chi connectivity index (χ4n) is 7.96. The van der Waals surface area contributed by atoms with Crippen LogP contribution in [0.3, 0.4) is 0 Å². The molecule has 0 bridgehead atoms. The Kier molecular flexibility index (Phi) is 8.80. The molecule has 3 aromatic rings. The lowest BCUT2D eigenvalue weighted by Gasteiger charge is -2.37. The highest BCUT2D eigenvalue weighted by Gasteiger charge is 2.38. The number of amides is 3. The predicted octanol–water partition coefficient (Wildman–Crippen LogP) is 2.15. The average molecular weight is 629 g/mol. The number of fused-ring (bicyclic) bond motifs is 1. The Bertz CT molecular complexity index is 1660. The second kappa shape index (κ2) is 13.1. The Balaban J connectivity index is 0.939. The molecular formula is C35H44N6O5. The van der Waals surface area contributed by atoms with Crippen LogP contribution in [0.25, 0.3) is 11.0 Å². The number of hydrogen-bond acceptors (Lipinski definition) is 7. The summed E-state index contributed by atoms with van der Waals surface area (Å²) in [5, 5.41) is 5.89. The molecular weight excluding hydrogens is 584 g/mol. The second-order valence-electron chi connectivity index (χ2n) is 13.5. The van der Waals surface area contributed by atoms with Crippen molar-refractivity contribution in [2.75, 3.05) is 45.9 Å². The summed E-state index contributed by atoms with van der Waals surface area (Å²) in [6.45, 7) is 5.64. The van der Waals surface area contributed by atoms with Crippen molar-refractivity contribution < 1.29 is 19.1 Å². The molecule has 4 saturated heterocycles. The first-order valence-electron chi connectivity index (χ1n) is 16.8. The molecule has 2 N–H and O–H groups in total. The van der Waals surface area contributed by atoms with Crippen molar-refractivity contribution >= 4 is 28.8 Å². The summed E-state index contributed by atoms with van der Waals surface area (Å²) in [4.78, 5) is 55.5. The Morgan fingerprint density at radius 3 is 2.54 bits per heavy atom. The zero-order valence-electron chi connectivity index (χ0n) is 26.5. The van der Waals surface area contributed by atoms with E-state index in [1.165, 1.54) is 10.1 Å². The van der Waals surface area contributed by atoms with Crippen molar-refractivity contribution in [3.63, 3.8) is 0 Å². The van der Waals surface area contributed by atoms with Gasteiger partial charge in [0.2, 0.25) is 17.7 Å². The molecule has 3 amide bonds. The maximum Gasteiger partial charge on any atom is 0.329 e. The summed E-state index contributed by atoms with van der Waals surface area (Å²) in [5.74, 6) is 0.354. The first kappa shape index (κ1) is 30.8. The largest absolute Gasteiger partial charge is 0.370 e. The minimum absolute atomic E-state index is 0.0754. The van der Waals surface area contributed by atoms with E-state index in [1.54, 1.807) is 11.6 Å². The van der Waals surface area contributed by atoms with Crippen LogP contribution in [-0.4, -0.2) is 88.6 Å². The van der Waals surface area contributed by atoms with Gasteiger partial charge in [-0.15, -0.1) is 0 Å². The molecule has 5 heterocycles. The molecule has 4 aliphatic heterocycles. The fourth-order valence-corrected chi connectivity index (χ4v) is 7.96. The Hall–Kier alpha value is -3.80. The van der Waals surface area contributed by atoms with E-state index in [9.17, 15) is 19.2 Å². The number of likely N-dealkylation sites (tertiary alicyclic amines) is 1. The van der Waals surface area contributed by atoms with Gasteiger partial charge in [-0.2, -0.15) is 0 Å². The quantitative estimate of drug-likeness (QED) is 0.385. The number of hydrogen-bond donors (Lipinski definition) is 2. The van der Waals surface area contributed by atoms with Gasteiger partial charge in [0.05, 0.1) is 30.2 Å². The lowest BCUT2D eigenvalue weighted by molar-refractivity contribution is -0.142. The van der Waals surface area contributed by atoms with Crippen molar-refractivity contribution in [3.8, 4) is 0 Å². The standard InChI is InChI=1S/C35H44N6O5/c1-38-29-20-24(7-8-27(29)41(35(38)45)28-9-10-31(42)37-33(28)43)19-23-12-15-39(16-13-23)21-26-11-14-36-32(26)34(44)40-17-18-46-30(22-40)25-5-3-2-4-6-25/h2-8,20,23,26,28,30,32,36H,9-19,21-22H2,1H3,(H,37,42,43)/t26-,28?,30-,32-/m0/s1. The Morgan fingerprint density at radius 2 is 1.76 bits per heavy atom. The minimum Gasteiger partial charge on any atom is -0.370 e. The summed E-state index contributed by atoms with van der Waals surface area (Å²) < 4.78 is 9.16. The first-order chi connectivity index (χ1) is 22.4. The van der Waals surface area contributed by atoms with Gasteiger partial charge in [0.15, 0.2) is 0 Å². The van der Waals surface area contributed by atoms with E-state index >= 15 is 0 Å². The lowest BCUT2D eigenvalue weighted by atomic mass is 9.89. The van der Waals surface area contributed by atoms with Gasteiger partial charge in [-0.3, -0.25) is 28.8 Å². The highest BCUT2D eigenvalue weighted by atomic mass is 16.5. The number of benzene rings is 2. The van der Waals surface area contributed by atoms with Crippen LogP contribution in [0.15, 0.2) is 53.3 Å². The van der Waals surface area contributed by atoms with Gasteiger partial charge in [0, 0.05) is 26.6 Å². The Morgan fingerprint density at radius 1 is 0.957 bits per heavy atom. The molecule has 1 unspecified atom stereocenters. The molecule has 0 spiro atoms. The molecule has 46 heavy (non-hydrogen) atoms. The molecule has 0 radical (unpaired) electrons. The van der Waals surface area contributed by atoms with Gasteiger partial charge in [0.25, 0.3) is 0 Å². The van der Waals surface area contributed by atoms with Crippen LogP contribution < -0.4 is 16.3 Å². The molecule has 0 saturated carbocycles. The highest BCUT2D eigenvalue weighted by Crippen LogP contribution is 2.29. The number of carbonyl (C=O) groups is 3. The summed E-state index contributed by atoms with van der Waals surface area (Å²) in [6, 6.07) is 15.5. The monoisotopic (exact) mass is 628 g/mol. The predicted molar refractivity (Wildman–Crippen MR) is 173 cm³/mol. The Labute approximate surface area is 268 Å². The van der Waals surface area contributed by atoms with Gasteiger partial charge in [0.1, 0.15) is 12.1 Å². The van der Waals surface area contributed by atoms with Gasteiger partial charge >= 0.3 is 5.69 Å². The molecule has 1 aromatic heterocycles. The number of piperidine rings is 2. The van der Waals surface area contributed by atoms with E-state index in [1.807, 2.05) is 29.2 Å². The number of carbonyl (C=O) groups excluding carboxylic acids is 3. The van der Waals surface area contributed by atoms with Gasteiger partial charge in [-0.25, -0.2) is 4.79 Å². The van der Waals surface area contributed by atoms with Crippen molar-refractivity contribution in [1.29, 1.82) is 0 Å². The van der Waals surface area contributed by atoms with Crippen molar-refractivity contribution in [2.24, 2.45) is 18.9 Å². The van der Waals surface area contributed by atoms with Crippen LogP contribution >= 0.6 is 0 Å². The zero-order valence-corrected chi connectivity index (χ0v) is 26.5. The second-order valence-corrected chi connectivity index (χ2v) is 13.5. The third kappa shape index (κ3) is 6.15. The number of aryl methyl sites for hydroxylation is 1. The molecule has 244 valence electrons. The highest BCUT2D eigenvalue weighted by molar-refractivity contribution is 6.00. The van der Waals surface area contributed by atoms with Crippen LogP contribution in [0.2, 0.25) is 0 Å². The molecule has 4 aliphatic rings. The molecule has 2 aromatic carbocycles. The number of nitrogens with one attached hydrogen (secondary N) is 2. The van der Waals surface area contributed by atoms with E-state index in [0.717, 1.165) is 68.5 Å². The van der Waals surface area contributed by atoms with Crippen LogP contribution in [0.1, 0.15) is 55.4 Å². The summed E-state index contributed by atoms with van der Waals surface area (Å²) in [5.41, 5.74) is 3.60. The van der Waals surface area contributed by atoms with Crippen LogP contribution in [-0.2, 0) is 32.6 Å². The van der Waals surface area contributed by atoms with E-state index in [0.29, 0.717) is 38.0 Å². The first-order valence-corrected chi connectivity index (χ1v) is 16.8. The normalized spacial score (nSPS) is 26.5. The number of aromatic nitrogens is 2. The number of imidazole rings is 1. The smallest absolute Gasteiger partial charge is 0.329 e. The number of imide groups is 1. The maximum atomic E-state index is 13.7. The topological polar surface area (TPSA) is 118 Å². The molecule has 0 aliphatic carbocycles. The molecule has 4 fully saturated rings. The third-order valence-corrected chi connectivity index (χ3v) is 10.6. The maximum absolute atomic E-state index is 13.7.